The van der Waals surface area contributed by atoms with Crippen molar-refractivity contribution in [3.8, 4) is 11.4 Å². The summed E-state index contributed by atoms with van der Waals surface area (Å²) in [6.45, 7) is 0.757. The van der Waals surface area contributed by atoms with Gasteiger partial charge in [0.1, 0.15) is 6.04 Å². The van der Waals surface area contributed by atoms with E-state index in [4.69, 9.17) is 4.52 Å². The Morgan fingerprint density at radius 3 is 2.75 bits per heavy atom. The predicted octanol–water partition coefficient (Wildman–Crippen LogP) is 1.40. The third kappa shape index (κ3) is 2.13. The molecule has 0 spiro atoms. The second kappa shape index (κ2) is 4.96. The summed E-state index contributed by atoms with van der Waals surface area (Å²) in [6, 6.07) is 9.77. The largest absolute Gasteiger partial charge is 0.344 e. The Labute approximate surface area is 117 Å². The average molecular weight is 272 g/mol. The molecule has 104 valence electrons. The molecule has 1 aromatic heterocycles. The van der Waals surface area contributed by atoms with E-state index >= 15 is 0 Å². The summed E-state index contributed by atoms with van der Waals surface area (Å²) in [4.78, 5) is 19.8. The quantitative estimate of drug-likeness (QED) is 0.845. The Morgan fingerprint density at radius 2 is 2.10 bits per heavy atom. The summed E-state index contributed by atoms with van der Waals surface area (Å²) in [5.41, 5.74) is 0.894. The van der Waals surface area contributed by atoms with Crippen LogP contribution < -0.4 is 4.90 Å². The molecule has 0 radical (unpaired) electrons. The standard InChI is InChI=1S/C14H16N4O2/c1-17-9-8-11(13(17)19)18(2)14-15-12(16-20-14)10-6-4-3-5-7-10/h3-7,11H,8-9H2,1-2H3/t11-/m0/s1. The summed E-state index contributed by atoms with van der Waals surface area (Å²) in [5.74, 6) is 0.623. The Hall–Kier alpha value is -2.37. The van der Waals surface area contributed by atoms with Crippen molar-refractivity contribution in [3.05, 3.63) is 30.3 Å². The third-order valence-electron chi connectivity index (χ3n) is 3.62. The van der Waals surface area contributed by atoms with Gasteiger partial charge in [0.15, 0.2) is 0 Å². The maximum atomic E-state index is 12.0. The molecule has 1 saturated heterocycles. The second-order valence-electron chi connectivity index (χ2n) is 4.94. The van der Waals surface area contributed by atoms with Crippen LogP contribution in [0.15, 0.2) is 34.9 Å². The number of carbonyl (C=O) groups excluding carboxylic acids is 1. The van der Waals surface area contributed by atoms with Gasteiger partial charge in [-0.05, 0) is 6.42 Å². The molecule has 20 heavy (non-hydrogen) atoms. The SMILES string of the molecule is CN1CC[C@H](N(C)c2nc(-c3ccccc3)no2)C1=O. The molecule has 0 saturated carbocycles. The molecule has 0 unspecified atom stereocenters. The number of aromatic nitrogens is 2. The summed E-state index contributed by atoms with van der Waals surface area (Å²) in [5, 5.41) is 3.97. The zero-order valence-corrected chi connectivity index (χ0v) is 11.5. The first-order chi connectivity index (χ1) is 9.66. The minimum Gasteiger partial charge on any atom is -0.344 e. The van der Waals surface area contributed by atoms with Crippen LogP contribution in [0.2, 0.25) is 0 Å². The lowest BCUT2D eigenvalue weighted by atomic mass is 10.2. The lowest BCUT2D eigenvalue weighted by Gasteiger charge is -2.20. The maximum absolute atomic E-state index is 12.0. The number of hydrogen-bond acceptors (Lipinski definition) is 5. The number of benzene rings is 1. The van der Waals surface area contributed by atoms with Crippen molar-refractivity contribution < 1.29 is 9.32 Å². The van der Waals surface area contributed by atoms with Crippen molar-refractivity contribution in [3.63, 3.8) is 0 Å². The Bertz CT molecular complexity index is 611. The predicted molar refractivity (Wildman–Crippen MR) is 74.2 cm³/mol. The molecule has 3 rings (SSSR count). The van der Waals surface area contributed by atoms with Crippen LogP contribution in [-0.4, -0.2) is 47.6 Å². The van der Waals surface area contributed by atoms with Gasteiger partial charge < -0.3 is 14.3 Å². The smallest absolute Gasteiger partial charge is 0.324 e. The van der Waals surface area contributed by atoms with Crippen LogP contribution in [0, 0.1) is 0 Å². The molecule has 2 heterocycles. The third-order valence-corrected chi connectivity index (χ3v) is 3.62. The van der Waals surface area contributed by atoms with E-state index < -0.39 is 0 Å². The first-order valence-corrected chi connectivity index (χ1v) is 6.54. The summed E-state index contributed by atoms with van der Waals surface area (Å²) >= 11 is 0. The van der Waals surface area contributed by atoms with Crippen molar-refractivity contribution in [2.75, 3.05) is 25.5 Å². The Balaban J connectivity index is 1.82. The molecule has 0 N–H and O–H groups in total. The minimum absolute atomic E-state index is 0.0898. The number of likely N-dealkylation sites (tertiary alicyclic amines) is 1. The van der Waals surface area contributed by atoms with Crippen molar-refractivity contribution in [1.29, 1.82) is 0 Å². The van der Waals surface area contributed by atoms with Crippen LogP contribution in [0.4, 0.5) is 6.01 Å². The first-order valence-electron chi connectivity index (χ1n) is 6.54. The van der Waals surface area contributed by atoms with Crippen molar-refractivity contribution in [2.24, 2.45) is 0 Å². The average Bonchev–Trinajstić information content (AvgIpc) is 3.08. The van der Waals surface area contributed by atoms with Gasteiger partial charge in [0, 0.05) is 26.2 Å². The molecule has 1 aromatic carbocycles. The Kier molecular flexibility index (Phi) is 3.14. The van der Waals surface area contributed by atoms with Gasteiger partial charge in [0.2, 0.25) is 11.7 Å². The number of carbonyl (C=O) groups is 1. The molecule has 6 heteroatoms. The van der Waals surface area contributed by atoms with Crippen molar-refractivity contribution in [1.82, 2.24) is 15.0 Å². The van der Waals surface area contributed by atoms with Crippen molar-refractivity contribution >= 4 is 11.9 Å². The molecule has 1 atom stereocenters. The fraction of sp³-hybridized carbons (Fsp3) is 0.357. The van der Waals surface area contributed by atoms with Gasteiger partial charge in [0.05, 0.1) is 0 Å². The number of hydrogen-bond donors (Lipinski definition) is 0. The molecule has 1 fully saturated rings. The molecular formula is C14H16N4O2. The lowest BCUT2D eigenvalue weighted by molar-refractivity contribution is -0.127. The van der Waals surface area contributed by atoms with Gasteiger partial charge >= 0.3 is 6.01 Å². The molecule has 2 aromatic rings. The zero-order chi connectivity index (χ0) is 14.1. The highest BCUT2D eigenvalue weighted by molar-refractivity contribution is 5.86. The summed E-state index contributed by atoms with van der Waals surface area (Å²) in [6.07, 6.45) is 0.773. The molecule has 1 aliphatic rings. The monoisotopic (exact) mass is 272 g/mol. The van der Waals surface area contributed by atoms with Crippen LogP contribution in [-0.2, 0) is 4.79 Å². The van der Waals surface area contributed by atoms with Crippen molar-refractivity contribution in [2.45, 2.75) is 12.5 Å². The zero-order valence-electron chi connectivity index (χ0n) is 11.5. The highest BCUT2D eigenvalue weighted by Crippen LogP contribution is 2.23. The number of nitrogens with zero attached hydrogens (tertiary/aromatic N) is 4. The summed E-state index contributed by atoms with van der Waals surface area (Å²) in [7, 11) is 3.61. The highest BCUT2D eigenvalue weighted by atomic mass is 16.5. The molecule has 1 amide bonds. The van der Waals surface area contributed by atoms with Gasteiger partial charge in [-0.2, -0.15) is 4.98 Å². The molecule has 6 nitrogen and oxygen atoms in total. The van der Waals surface area contributed by atoms with E-state index in [0.29, 0.717) is 11.8 Å². The van der Waals surface area contributed by atoms with E-state index in [9.17, 15) is 4.79 Å². The lowest BCUT2D eigenvalue weighted by Crippen LogP contribution is -2.38. The molecule has 0 bridgehead atoms. The van der Waals surface area contributed by atoms with Gasteiger partial charge in [-0.1, -0.05) is 35.5 Å². The minimum atomic E-state index is -0.218. The van der Waals surface area contributed by atoms with Gasteiger partial charge in [0.25, 0.3) is 0 Å². The van der Waals surface area contributed by atoms with Crippen LogP contribution in [0.25, 0.3) is 11.4 Å². The number of amides is 1. The molecule has 1 aliphatic heterocycles. The number of rotatable bonds is 3. The Morgan fingerprint density at radius 1 is 1.35 bits per heavy atom. The highest BCUT2D eigenvalue weighted by Gasteiger charge is 2.34. The number of likely N-dealkylation sites (N-methyl/N-ethyl adjacent to an activating group) is 2. The van der Waals surface area contributed by atoms with Gasteiger partial charge in [-0.25, -0.2) is 0 Å². The van der Waals surface area contributed by atoms with E-state index in [1.165, 1.54) is 0 Å². The molecule has 0 aliphatic carbocycles. The normalized spacial score (nSPS) is 18.6. The van der Waals surface area contributed by atoms with E-state index in [1.54, 1.807) is 16.8 Å². The summed E-state index contributed by atoms with van der Waals surface area (Å²) < 4.78 is 5.27. The van der Waals surface area contributed by atoms with E-state index in [-0.39, 0.29) is 11.9 Å². The van der Waals surface area contributed by atoms with Crippen LogP contribution in [0.1, 0.15) is 6.42 Å². The van der Waals surface area contributed by atoms with Gasteiger partial charge in [-0.15, -0.1) is 0 Å². The fourth-order valence-electron chi connectivity index (χ4n) is 2.36. The van der Waals surface area contributed by atoms with Crippen LogP contribution in [0.3, 0.4) is 0 Å². The second-order valence-corrected chi connectivity index (χ2v) is 4.94. The van der Waals surface area contributed by atoms with Crippen LogP contribution >= 0.6 is 0 Å². The van der Waals surface area contributed by atoms with Crippen LogP contribution in [0.5, 0.6) is 0 Å². The topological polar surface area (TPSA) is 62.5 Å². The number of anilines is 1. The molecular weight excluding hydrogens is 256 g/mol. The maximum Gasteiger partial charge on any atom is 0.324 e. The fourth-order valence-corrected chi connectivity index (χ4v) is 2.36. The van der Waals surface area contributed by atoms with Gasteiger partial charge in [-0.3, -0.25) is 4.79 Å². The van der Waals surface area contributed by atoms with E-state index in [1.807, 2.05) is 37.4 Å². The first kappa shape index (κ1) is 12.7. The van der Waals surface area contributed by atoms with E-state index in [0.717, 1.165) is 18.5 Å². The van der Waals surface area contributed by atoms with E-state index in [2.05, 4.69) is 10.1 Å².